The maximum Gasteiger partial charge on any atom is 0.419 e. The van der Waals surface area contributed by atoms with Crippen LogP contribution in [0, 0.1) is 17.5 Å². The van der Waals surface area contributed by atoms with E-state index < -0.39 is 23.2 Å². The minimum atomic E-state index is -1.52. The first-order valence-corrected chi connectivity index (χ1v) is 9.83. The number of oxazole rings is 1. The molecule has 7 nitrogen and oxygen atoms in total. The van der Waals surface area contributed by atoms with Crippen LogP contribution in [0.25, 0.3) is 22.4 Å². The first-order chi connectivity index (χ1) is 15.3. The first-order valence-electron chi connectivity index (χ1n) is 9.83. The fourth-order valence-electron chi connectivity index (χ4n) is 4.29. The van der Waals surface area contributed by atoms with E-state index in [9.17, 15) is 22.8 Å². The molecule has 0 unspecified atom stereocenters. The van der Waals surface area contributed by atoms with E-state index in [1.54, 1.807) is 30.1 Å². The van der Waals surface area contributed by atoms with E-state index in [0.717, 1.165) is 17.7 Å². The predicted molar refractivity (Wildman–Crippen MR) is 108 cm³/mol. The number of fused-ring (bicyclic) bond motifs is 2. The van der Waals surface area contributed by atoms with Crippen molar-refractivity contribution < 1.29 is 22.4 Å². The molecule has 1 aliphatic rings. The van der Waals surface area contributed by atoms with E-state index in [4.69, 9.17) is 4.42 Å². The predicted octanol–water partition coefficient (Wildman–Crippen LogP) is 3.15. The van der Waals surface area contributed by atoms with E-state index >= 15 is 0 Å². The number of rotatable bonds is 2. The lowest BCUT2D eigenvalue weighted by molar-refractivity contribution is 0.0734. The molecule has 0 saturated carbocycles. The van der Waals surface area contributed by atoms with E-state index in [2.05, 4.69) is 5.10 Å². The number of hydrogen-bond acceptors (Lipinski definition) is 4. The van der Waals surface area contributed by atoms with Gasteiger partial charge in [0.2, 0.25) is 0 Å². The Morgan fingerprint density at radius 1 is 1.12 bits per heavy atom. The van der Waals surface area contributed by atoms with Crippen LogP contribution < -0.4 is 5.76 Å². The molecule has 0 saturated heterocycles. The maximum absolute atomic E-state index is 13.8. The van der Waals surface area contributed by atoms with Crippen LogP contribution in [0.15, 0.2) is 39.5 Å². The lowest BCUT2D eigenvalue weighted by Crippen LogP contribution is -2.36. The summed E-state index contributed by atoms with van der Waals surface area (Å²) in [5.41, 5.74) is 3.04. The average molecular weight is 442 g/mol. The summed E-state index contributed by atoms with van der Waals surface area (Å²) in [4.78, 5) is 26.7. The van der Waals surface area contributed by atoms with Gasteiger partial charge >= 0.3 is 5.76 Å². The van der Waals surface area contributed by atoms with Crippen LogP contribution >= 0.6 is 0 Å². The highest BCUT2D eigenvalue weighted by Crippen LogP contribution is 2.32. The molecule has 0 spiro atoms. The van der Waals surface area contributed by atoms with Gasteiger partial charge in [0.1, 0.15) is 5.52 Å². The van der Waals surface area contributed by atoms with Gasteiger partial charge in [-0.2, -0.15) is 5.10 Å². The van der Waals surface area contributed by atoms with E-state index in [1.807, 2.05) is 0 Å². The molecule has 0 N–H and O–H groups in total. The van der Waals surface area contributed by atoms with Gasteiger partial charge in [-0.15, -0.1) is 0 Å². The highest BCUT2D eigenvalue weighted by molar-refractivity contribution is 6.04. The van der Waals surface area contributed by atoms with Crippen LogP contribution in [0.3, 0.4) is 0 Å². The second-order valence-corrected chi connectivity index (χ2v) is 7.71. The number of benzene rings is 2. The van der Waals surface area contributed by atoms with Crippen molar-refractivity contribution in [3.8, 4) is 11.3 Å². The second kappa shape index (κ2) is 7.11. The standard InChI is InChI=1S/C22H17F3N4O3/c1-27-20-13(4-3-5-17(20)32-22(27)31)21(30)29-7-6-12-16(10-29)26-28(2)19(12)11-8-14(23)18(25)15(24)9-11/h3-5,8-9H,6-7,10H2,1-2H3. The number of aryl methyl sites for hydroxylation is 2. The fraction of sp³-hybridized carbons (Fsp3) is 0.227. The summed E-state index contributed by atoms with van der Waals surface area (Å²) in [6.07, 6.45) is 0.394. The van der Waals surface area contributed by atoms with Crippen molar-refractivity contribution in [2.45, 2.75) is 13.0 Å². The van der Waals surface area contributed by atoms with Crippen LogP contribution in [0.4, 0.5) is 13.2 Å². The topological polar surface area (TPSA) is 73.3 Å². The third kappa shape index (κ3) is 2.94. The van der Waals surface area contributed by atoms with E-state index in [0.29, 0.717) is 41.0 Å². The Hall–Kier alpha value is -3.82. The van der Waals surface area contributed by atoms with Crippen molar-refractivity contribution in [1.82, 2.24) is 19.2 Å². The molecule has 3 heterocycles. The van der Waals surface area contributed by atoms with Gasteiger partial charge in [-0.25, -0.2) is 18.0 Å². The Bertz CT molecular complexity index is 1440. The highest BCUT2D eigenvalue weighted by Gasteiger charge is 2.29. The Morgan fingerprint density at radius 2 is 1.84 bits per heavy atom. The van der Waals surface area contributed by atoms with Crippen molar-refractivity contribution in [2.75, 3.05) is 6.54 Å². The van der Waals surface area contributed by atoms with Gasteiger partial charge < -0.3 is 9.32 Å². The number of aromatic nitrogens is 3. The molecule has 10 heteroatoms. The van der Waals surface area contributed by atoms with E-state index in [-0.39, 0.29) is 18.0 Å². The van der Waals surface area contributed by atoms with Crippen molar-refractivity contribution >= 4 is 17.0 Å². The molecule has 164 valence electrons. The van der Waals surface area contributed by atoms with Crippen LogP contribution in [-0.2, 0) is 27.1 Å². The number of carbonyl (C=O) groups is 1. The van der Waals surface area contributed by atoms with Gasteiger partial charge in [-0.1, -0.05) is 6.07 Å². The van der Waals surface area contributed by atoms with Gasteiger partial charge in [0.25, 0.3) is 5.91 Å². The molecule has 0 aliphatic carbocycles. The Kier molecular flexibility index (Phi) is 4.47. The third-order valence-electron chi connectivity index (χ3n) is 5.78. The average Bonchev–Trinajstić information content (AvgIpc) is 3.25. The summed E-state index contributed by atoms with van der Waals surface area (Å²) in [6.45, 7) is 0.509. The summed E-state index contributed by atoms with van der Waals surface area (Å²) in [5, 5.41) is 4.43. The number of halogens is 3. The summed E-state index contributed by atoms with van der Waals surface area (Å²) in [7, 11) is 3.16. The smallest absolute Gasteiger partial charge is 0.408 e. The first kappa shape index (κ1) is 20.1. The SMILES string of the molecule is Cn1nc2c(c1-c1cc(F)c(F)c(F)c1)CCN(C(=O)c1cccc3oc(=O)n(C)c13)C2. The number of para-hydroxylation sites is 1. The van der Waals surface area contributed by atoms with Crippen LogP contribution in [0.1, 0.15) is 21.6 Å². The zero-order valence-electron chi connectivity index (χ0n) is 17.2. The second-order valence-electron chi connectivity index (χ2n) is 7.71. The minimum absolute atomic E-state index is 0.176. The van der Waals surface area contributed by atoms with Crippen molar-refractivity contribution in [3.05, 3.63) is 75.2 Å². The zero-order valence-corrected chi connectivity index (χ0v) is 17.2. The summed E-state index contributed by atoms with van der Waals surface area (Å²) in [5.74, 6) is -4.93. The molecular formula is C22H17F3N4O3. The number of hydrogen-bond donors (Lipinski definition) is 0. The van der Waals surface area contributed by atoms with Gasteiger partial charge in [0, 0.05) is 31.8 Å². The quantitative estimate of drug-likeness (QED) is 0.447. The molecule has 1 aliphatic heterocycles. The molecule has 2 aromatic heterocycles. The fourth-order valence-corrected chi connectivity index (χ4v) is 4.29. The summed E-state index contributed by atoms with van der Waals surface area (Å²) >= 11 is 0. The molecule has 32 heavy (non-hydrogen) atoms. The van der Waals surface area contributed by atoms with Crippen LogP contribution in [-0.4, -0.2) is 31.7 Å². The monoisotopic (exact) mass is 442 g/mol. The molecule has 0 bridgehead atoms. The van der Waals surface area contributed by atoms with Gasteiger partial charge in [-0.05, 0) is 30.7 Å². The van der Waals surface area contributed by atoms with Crippen molar-refractivity contribution in [2.24, 2.45) is 14.1 Å². The molecule has 0 atom stereocenters. The number of nitrogens with zero attached hydrogens (tertiary/aromatic N) is 4. The van der Waals surface area contributed by atoms with Crippen molar-refractivity contribution in [3.63, 3.8) is 0 Å². The molecule has 4 aromatic rings. The van der Waals surface area contributed by atoms with Gasteiger partial charge in [-0.3, -0.25) is 14.0 Å². The number of amides is 1. The largest absolute Gasteiger partial charge is 0.419 e. The third-order valence-corrected chi connectivity index (χ3v) is 5.78. The number of carbonyl (C=O) groups excluding carboxylic acids is 1. The lowest BCUT2D eigenvalue weighted by atomic mass is 9.99. The molecule has 5 rings (SSSR count). The maximum atomic E-state index is 13.8. The van der Waals surface area contributed by atoms with E-state index in [1.165, 1.54) is 16.3 Å². The minimum Gasteiger partial charge on any atom is -0.408 e. The highest BCUT2D eigenvalue weighted by atomic mass is 19.2. The molecule has 2 aromatic carbocycles. The van der Waals surface area contributed by atoms with Crippen LogP contribution in [0.2, 0.25) is 0 Å². The Morgan fingerprint density at radius 3 is 2.56 bits per heavy atom. The summed E-state index contributed by atoms with van der Waals surface area (Å²) < 4.78 is 48.9. The Balaban J connectivity index is 1.51. The lowest BCUT2D eigenvalue weighted by Gasteiger charge is -2.27. The normalized spacial score (nSPS) is 13.6. The Labute approximate surface area is 179 Å². The molecule has 1 amide bonds. The van der Waals surface area contributed by atoms with Crippen LogP contribution in [0.5, 0.6) is 0 Å². The zero-order chi connectivity index (χ0) is 22.7. The molecular weight excluding hydrogens is 425 g/mol. The van der Waals surface area contributed by atoms with Gasteiger partial charge in [0.15, 0.2) is 23.0 Å². The van der Waals surface area contributed by atoms with Crippen molar-refractivity contribution in [1.29, 1.82) is 0 Å². The molecule has 0 radical (unpaired) electrons. The molecule has 0 fully saturated rings. The summed E-state index contributed by atoms with van der Waals surface area (Å²) in [6, 6.07) is 6.77. The van der Waals surface area contributed by atoms with Gasteiger partial charge in [0.05, 0.1) is 23.5 Å².